The summed E-state index contributed by atoms with van der Waals surface area (Å²) < 4.78 is 58.7. The summed E-state index contributed by atoms with van der Waals surface area (Å²) in [6.45, 7) is 1.11. The summed E-state index contributed by atoms with van der Waals surface area (Å²) in [6.07, 6.45) is 0. The van der Waals surface area contributed by atoms with Gasteiger partial charge in [-0.3, -0.25) is 9.59 Å². The molecule has 172 valence electrons. The van der Waals surface area contributed by atoms with Crippen molar-refractivity contribution in [2.45, 2.75) is 10.7 Å². The molecule has 0 spiro atoms. The fourth-order valence-electron chi connectivity index (χ4n) is 3.33. The van der Waals surface area contributed by atoms with Crippen LogP contribution in [0.25, 0.3) is 0 Å². The van der Waals surface area contributed by atoms with Crippen LogP contribution in [0.3, 0.4) is 0 Å². The first kappa shape index (κ1) is 23.5. The number of amides is 2. The lowest BCUT2D eigenvalue weighted by molar-refractivity contribution is 0.0533. The lowest BCUT2D eigenvalue weighted by Gasteiger charge is -2.35. The van der Waals surface area contributed by atoms with Gasteiger partial charge in [-0.15, -0.1) is 0 Å². The fraction of sp³-hybridized carbons (Fsp3) is 0.333. The third-order valence-corrected chi connectivity index (χ3v) is 6.56. The van der Waals surface area contributed by atoms with E-state index in [1.165, 1.54) is 31.3 Å². The van der Waals surface area contributed by atoms with E-state index in [1.807, 2.05) is 0 Å². The topological polar surface area (TPSA) is 93.2 Å². The van der Waals surface area contributed by atoms with Gasteiger partial charge in [-0.25, -0.2) is 8.42 Å². The number of hydrogen-bond acceptors (Lipinski definition) is 6. The molecule has 0 aromatic heterocycles. The number of ether oxygens (including phenoxy) is 2. The van der Waals surface area contributed by atoms with Gasteiger partial charge in [-0.2, -0.15) is 8.78 Å². The molecular formula is C21H22F2N2O6S. The van der Waals surface area contributed by atoms with E-state index in [1.54, 1.807) is 23.1 Å². The van der Waals surface area contributed by atoms with Gasteiger partial charge in [-0.05, 0) is 36.4 Å². The summed E-state index contributed by atoms with van der Waals surface area (Å²) >= 11 is 0. The minimum atomic E-state index is -4.72. The van der Waals surface area contributed by atoms with Crippen molar-refractivity contribution >= 4 is 21.7 Å². The molecule has 1 saturated heterocycles. The normalized spacial score (nSPS) is 14.4. The van der Waals surface area contributed by atoms with Crippen molar-refractivity contribution < 1.29 is 36.3 Å². The van der Waals surface area contributed by atoms with Crippen molar-refractivity contribution in [1.29, 1.82) is 0 Å². The van der Waals surface area contributed by atoms with Crippen molar-refractivity contribution in [3.8, 4) is 11.5 Å². The number of hydrogen-bond donors (Lipinski definition) is 0. The predicted molar refractivity (Wildman–Crippen MR) is 111 cm³/mol. The SMILES string of the molecule is COc1ccc(C(=O)N2CCN(C(=O)c3ccc(S(=O)(=O)C(F)F)cc3)CC2)c(OC)c1. The van der Waals surface area contributed by atoms with E-state index in [2.05, 4.69) is 0 Å². The van der Waals surface area contributed by atoms with Crippen LogP contribution in [0.4, 0.5) is 8.78 Å². The molecule has 1 aliphatic heterocycles. The smallest absolute Gasteiger partial charge is 0.341 e. The Balaban J connectivity index is 1.65. The first-order valence-electron chi connectivity index (χ1n) is 9.61. The molecule has 2 aromatic carbocycles. The minimum Gasteiger partial charge on any atom is -0.497 e. The maximum absolute atomic E-state index is 12.9. The van der Waals surface area contributed by atoms with E-state index in [9.17, 15) is 26.8 Å². The molecule has 2 aromatic rings. The average Bonchev–Trinajstić information content (AvgIpc) is 2.82. The number of nitrogens with zero attached hydrogens (tertiary/aromatic N) is 2. The van der Waals surface area contributed by atoms with E-state index >= 15 is 0 Å². The van der Waals surface area contributed by atoms with Crippen molar-refractivity contribution in [2.24, 2.45) is 0 Å². The van der Waals surface area contributed by atoms with Crippen molar-refractivity contribution in [3.05, 3.63) is 53.6 Å². The number of benzene rings is 2. The highest BCUT2D eigenvalue weighted by Gasteiger charge is 2.29. The van der Waals surface area contributed by atoms with Crippen LogP contribution >= 0.6 is 0 Å². The summed E-state index contributed by atoms with van der Waals surface area (Å²) in [5.74, 6) is -3.20. The third-order valence-electron chi connectivity index (χ3n) is 5.16. The summed E-state index contributed by atoms with van der Waals surface area (Å²) in [7, 11) is -1.75. The van der Waals surface area contributed by atoms with Gasteiger partial charge in [0.05, 0.1) is 24.7 Å². The van der Waals surface area contributed by atoms with Gasteiger partial charge in [-0.1, -0.05) is 0 Å². The lowest BCUT2D eigenvalue weighted by Crippen LogP contribution is -2.50. The quantitative estimate of drug-likeness (QED) is 0.646. The number of carbonyl (C=O) groups excluding carboxylic acids is 2. The Hall–Kier alpha value is -3.21. The number of halogens is 2. The Morgan fingerprint density at radius 3 is 1.94 bits per heavy atom. The molecular weight excluding hydrogens is 446 g/mol. The Kier molecular flexibility index (Phi) is 6.97. The summed E-state index contributed by atoms with van der Waals surface area (Å²) in [5, 5.41) is 0. The number of carbonyl (C=O) groups is 2. The van der Waals surface area contributed by atoms with Crippen LogP contribution in [0.5, 0.6) is 11.5 Å². The van der Waals surface area contributed by atoms with Gasteiger partial charge >= 0.3 is 5.76 Å². The van der Waals surface area contributed by atoms with E-state index < -0.39 is 20.5 Å². The summed E-state index contributed by atoms with van der Waals surface area (Å²) in [5.41, 5.74) is 0.554. The zero-order chi connectivity index (χ0) is 23.5. The van der Waals surface area contributed by atoms with Gasteiger partial charge in [0, 0.05) is 37.8 Å². The maximum atomic E-state index is 12.9. The number of methoxy groups -OCH3 is 2. The lowest BCUT2D eigenvalue weighted by atomic mass is 10.1. The largest absolute Gasteiger partial charge is 0.497 e. The van der Waals surface area contributed by atoms with E-state index in [0.29, 0.717) is 17.1 Å². The number of sulfone groups is 1. The zero-order valence-corrected chi connectivity index (χ0v) is 18.3. The molecule has 0 radical (unpaired) electrons. The number of alkyl halides is 2. The van der Waals surface area contributed by atoms with Gasteiger partial charge in [0.25, 0.3) is 11.8 Å². The van der Waals surface area contributed by atoms with Crippen LogP contribution in [0.2, 0.25) is 0 Å². The first-order valence-corrected chi connectivity index (χ1v) is 11.2. The predicted octanol–water partition coefficient (Wildman–Crippen LogP) is 2.30. The Bertz CT molecular complexity index is 1100. The van der Waals surface area contributed by atoms with Gasteiger partial charge in [0.1, 0.15) is 11.5 Å². The molecule has 0 bridgehead atoms. The molecule has 1 aliphatic rings. The van der Waals surface area contributed by atoms with Crippen LogP contribution < -0.4 is 9.47 Å². The van der Waals surface area contributed by atoms with Crippen LogP contribution in [-0.2, 0) is 9.84 Å². The molecule has 32 heavy (non-hydrogen) atoms. The second-order valence-electron chi connectivity index (χ2n) is 6.98. The average molecular weight is 468 g/mol. The maximum Gasteiger partial charge on any atom is 0.341 e. The van der Waals surface area contributed by atoms with Gasteiger partial charge < -0.3 is 19.3 Å². The molecule has 0 aliphatic carbocycles. The first-order chi connectivity index (χ1) is 15.2. The number of piperazine rings is 1. The van der Waals surface area contributed by atoms with Gasteiger partial charge in [0.2, 0.25) is 9.84 Å². The Morgan fingerprint density at radius 2 is 1.44 bits per heavy atom. The molecule has 11 heteroatoms. The monoisotopic (exact) mass is 468 g/mol. The summed E-state index contributed by atoms with van der Waals surface area (Å²) in [4.78, 5) is 28.2. The van der Waals surface area contributed by atoms with Crippen molar-refractivity contribution in [1.82, 2.24) is 9.80 Å². The van der Waals surface area contributed by atoms with E-state index in [-0.39, 0.29) is 43.6 Å². The Labute approximate surface area is 184 Å². The van der Waals surface area contributed by atoms with Crippen molar-refractivity contribution in [3.63, 3.8) is 0 Å². The van der Waals surface area contributed by atoms with Crippen LogP contribution in [-0.4, -0.2) is 76.2 Å². The highest BCUT2D eigenvalue weighted by molar-refractivity contribution is 7.91. The zero-order valence-electron chi connectivity index (χ0n) is 17.5. The Morgan fingerprint density at radius 1 is 0.875 bits per heavy atom. The minimum absolute atomic E-state index is 0.176. The molecule has 0 saturated carbocycles. The molecule has 3 rings (SSSR count). The van der Waals surface area contributed by atoms with Crippen LogP contribution in [0.15, 0.2) is 47.4 Å². The molecule has 0 N–H and O–H groups in total. The molecule has 1 heterocycles. The molecule has 0 atom stereocenters. The summed E-state index contributed by atoms with van der Waals surface area (Å²) in [6, 6.07) is 9.29. The molecule has 0 unspecified atom stereocenters. The second kappa shape index (κ2) is 9.51. The van der Waals surface area contributed by atoms with Gasteiger partial charge in [0.15, 0.2) is 0 Å². The molecule has 1 fully saturated rings. The third kappa shape index (κ3) is 4.67. The second-order valence-corrected chi connectivity index (χ2v) is 8.90. The molecule has 8 nitrogen and oxygen atoms in total. The number of rotatable bonds is 6. The van der Waals surface area contributed by atoms with Crippen LogP contribution in [0, 0.1) is 0 Å². The van der Waals surface area contributed by atoms with E-state index in [4.69, 9.17) is 9.47 Å². The van der Waals surface area contributed by atoms with Crippen LogP contribution in [0.1, 0.15) is 20.7 Å². The van der Waals surface area contributed by atoms with Crippen molar-refractivity contribution in [2.75, 3.05) is 40.4 Å². The highest BCUT2D eigenvalue weighted by Crippen LogP contribution is 2.26. The van der Waals surface area contributed by atoms with E-state index in [0.717, 1.165) is 12.1 Å². The highest BCUT2D eigenvalue weighted by atomic mass is 32.2. The standard InChI is InChI=1S/C21H22F2N2O6S/c1-30-15-5-8-17(18(13-15)31-2)20(27)25-11-9-24(10-12-25)19(26)14-3-6-16(7-4-14)32(28,29)21(22)23/h3-8,13,21H,9-12H2,1-2H3. The molecule has 2 amide bonds. The fourth-order valence-corrected chi connectivity index (χ4v) is 4.05.